The van der Waals surface area contributed by atoms with Gasteiger partial charge in [0.25, 0.3) is 0 Å². The molecule has 0 radical (unpaired) electrons. The zero-order chi connectivity index (χ0) is 47.3. The van der Waals surface area contributed by atoms with Crippen LogP contribution in [0.3, 0.4) is 0 Å². The predicted molar refractivity (Wildman–Crippen MR) is 282 cm³/mol. The number of rotatable bonds is 16. The number of nitrogens with zero attached hydrogens (tertiary/aromatic N) is 2. The van der Waals surface area contributed by atoms with Crippen LogP contribution in [0.4, 0.5) is 38.9 Å². The molecule has 0 bridgehead atoms. The molecular formula is C63H62N2O3. The Morgan fingerprint density at radius 1 is 0.456 bits per heavy atom. The minimum absolute atomic E-state index is 0.103. The lowest BCUT2D eigenvalue weighted by atomic mass is 9.69. The molecular weight excluding hydrogens is 833 g/mol. The molecule has 1 aliphatic carbocycles. The largest absolute Gasteiger partial charge is 0.514 e. The summed E-state index contributed by atoms with van der Waals surface area (Å²) in [4.78, 5) is 17.7. The van der Waals surface area contributed by atoms with Gasteiger partial charge in [0.1, 0.15) is 11.4 Å². The highest BCUT2D eigenvalue weighted by atomic mass is 16.7. The molecule has 0 atom stereocenters. The van der Waals surface area contributed by atoms with E-state index in [4.69, 9.17) is 9.47 Å². The number of para-hydroxylation sites is 4. The number of hydrogen-bond acceptors (Lipinski definition) is 5. The fourth-order valence-electron chi connectivity index (χ4n) is 9.87. The molecule has 0 fully saturated rings. The number of benzene rings is 8. The smallest absolute Gasteiger partial charge is 0.428 e. The molecule has 0 N–H and O–H groups in total. The molecule has 0 saturated carbocycles. The molecule has 0 spiro atoms. The van der Waals surface area contributed by atoms with Gasteiger partial charge in [0.2, 0.25) is 0 Å². The molecule has 8 aromatic carbocycles. The van der Waals surface area contributed by atoms with Gasteiger partial charge < -0.3 is 19.3 Å². The average Bonchev–Trinajstić information content (AvgIpc) is 3.63. The summed E-state index contributed by atoms with van der Waals surface area (Å²) in [5.74, 6) is 0.449. The maximum Gasteiger partial charge on any atom is 0.514 e. The molecule has 0 heterocycles. The highest BCUT2D eigenvalue weighted by molar-refractivity contribution is 5.89. The highest BCUT2D eigenvalue weighted by Crippen LogP contribution is 2.55. The fraction of sp³-hybridized carbons (Fsp3) is 0.222. The van der Waals surface area contributed by atoms with Crippen LogP contribution in [0.15, 0.2) is 206 Å². The van der Waals surface area contributed by atoms with Gasteiger partial charge >= 0.3 is 6.16 Å². The maximum atomic E-state index is 12.9. The van der Waals surface area contributed by atoms with Crippen LogP contribution in [0, 0.1) is 0 Å². The van der Waals surface area contributed by atoms with Crippen molar-refractivity contribution < 1.29 is 14.3 Å². The van der Waals surface area contributed by atoms with E-state index in [1.807, 2.05) is 32.9 Å². The van der Waals surface area contributed by atoms with Gasteiger partial charge in [-0.25, -0.2) is 4.79 Å². The van der Waals surface area contributed by atoms with Crippen molar-refractivity contribution in [2.24, 2.45) is 0 Å². The molecule has 5 nitrogen and oxygen atoms in total. The Bertz CT molecular complexity index is 2730. The van der Waals surface area contributed by atoms with Crippen LogP contribution in [0.25, 0.3) is 11.1 Å². The molecule has 68 heavy (non-hydrogen) atoms. The molecule has 0 aliphatic heterocycles. The first-order valence-corrected chi connectivity index (χ1v) is 24.2. The Morgan fingerprint density at radius 3 is 1.21 bits per heavy atom. The van der Waals surface area contributed by atoms with E-state index in [-0.39, 0.29) is 5.41 Å². The van der Waals surface area contributed by atoms with Crippen molar-refractivity contribution in [2.45, 2.75) is 90.1 Å². The van der Waals surface area contributed by atoms with E-state index in [9.17, 15) is 4.79 Å². The van der Waals surface area contributed by atoms with Crippen molar-refractivity contribution >= 4 is 40.3 Å². The monoisotopic (exact) mass is 894 g/mol. The summed E-state index contributed by atoms with van der Waals surface area (Å²) in [6.45, 7) is 12.7. The van der Waals surface area contributed by atoms with Crippen molar-refractivity contribution in [1.29, 1.82) is 0 Å². The second-order valence-electron chi connectivity index (χ2n) is 19.1. The van der Waals surface area contributed by atoms with Crippen LogP contribution >= 0.6 is 0 Å². The first kappa shape index (κ1) is 45.8. The Kier molecular flexibility index (Phi) is 13.1. The number of hydrogen-bond donors (Lipinski definition) is 0. The SMILES string of the molecule is CCC(C)(C)OC(=O)Oc1ccc(CC2(Cc3ccc(C(C)(CC)CC)cc3)c3cc(N(c4ccccc4)c4ccccc4)ccc3-c3ccc(N(c4ccccc4)c4ccccc4)cc32)cc1. The lowest BCUT2D eigenvalue weighted by molar-refractivity contribution is 0.00705. The van der Waals surface area contributed by atoms with E-state index in [0.717, 1.165) is 59.0 Å². The molecule has 0 saturated heterocycles. The number of carbonyl (C=O) groups excluding carboxylic acids is 1. The Labute approximate surface area is 403 Å². The van der Waals surface area contributed by atoms with Crippen LogP contribution in [-0.2, 0) is 28.4 Å². The Hall–Kier alpha value is -7.37. The second-order valence-corrected chi connectivity index (χ2v) is 19.1. The molecule has 5 heteroatoms. The van der Waals surface area contributed by atoms with E-state index in [1.54, 1.807) is 0 Å². The molecule has 342 valence electrons. The molecule has 0 amide bonds. The molecule has 8 aromatic rings. The molecule has 0 unspecified atom stereocenters. The minimum Gasteiger partial charge on any atom is -0.428 e. The molecule has 9 rings (SSSR count). The first-order valence-electron chi connectivity index (χ1n) is 24.2. The van der Waals surface area contributed by atoms with Crippen molar-refractivity contribution in [3.05, 3.63) is 234 Å². The van der Waals surface area contributed by atoms with Gasteiger partial charge in [-0.2, -0.15) is 0 Å². The summed E-state index contributed by atoms with van der Waals surface area (Å²) in [6, 6.07) is 74.2. The Balaban J connectivity index is 1.26. The highest BCUT2D eigenvalue weighted by Gasteiger charge is 2.44. The lowest BCUT2D eigenvalue weighted by Gasteiger charge is -2.35. The third-order valence-corrected chi connectivity index (χ3v) is 14.5. The van der Waals surface area contributed by atoms with E-state index < -0.39 is 17.2 Å². The van der Waals surface area contributed by atoms with Gasteiger partial charge in [0.05, 0.1) is 0 Å². The van der Waals surface area contributed by atoms with E-state index >= 15 is 0 Å². The fourth-order valence-corrected chi connectivity index (χ4v) is 9.87. The molecule has 1 aliphatic rings. The van der Waals surface area contributed by atoms with Crippen LogP contribution in [0.5, 0.6) is 5.75 Å². The molecule has 0 aromatic heterocycles. The third-order valence-electron chi connectivity index (χ3n) is 14.5. The van der Waals surface area contributed by atoms with Crippen molar-refractivity contribution in [1.82, 2.24) is 0 Å². The average molecular weight is 895 g/mol. The third kappa shape index (κ3) is 9.31. The van der Waals surface area contributed by atoms with E-state index in [1.165, 1.54) is 33.4 Å². The Morgan fingerprint density at radius 2 is 0.838 bits per heavy atom. The predicted octanol–water partition coefficient (Wildman–Crippen LogP) is 17.2. The second kappa shape index (κ2) is 19.5. The van der Waals surface area contributed by atoms with Crippen LogP contribution in [0.1, 0.15) is 88.6 Å². The van der Waals surface area contributed by atoms with E-state index in [0.29, 0.717) is 18.6 Å². The summed E-state index contributed by atoms with van der Waals surface area (Å²) < 4.78 is 11.4. The normalized spacial score (nSPS) is 12.7. The quantitative estimate of drug-likeness (QED) is 0.0714. The summed E-state index contributed by atoms with van der Waals surface area (Å²) in [5.41, 5.74) is 14.2. The summed E-state index contributed by atoms with van der Waals surface area (Å²) in [5, 5.41) is 0. The summed E-state index contributed by atoms with van der Waals surface area (Å²) in [7, 11) is 0. The van der Waals surface area contributed by atoms with Crippen LogP contribution in [0.2, 0.25) is 0 Å². The summed E-state index contributed by atoms with van der Waals surface area (Å²) in [6.07, 6.45) is 3.56. The van der Waals surface area contributed by atoms with Gasteiger partial charge in [0.15, 0.2) is 0 Å². The van der Waals surface area contributed by atoms with Crippen molar-refractivity contribution in [2.75, 3.05) is 9.80 Å². The zero-order valence-corrected chi connectivity index (χ0v) is 40.3. The van der Waals surface area contributed by atoms with Crippen LogP contribution in [-0.4, -0.2) is 11.8 Å². The number of fused-ring (bicyclic) bond motifs is 3. The summed E-state index contributed by atoms with van der Waals surface area (Å²) >= 11 is 0. The van der Waals surface area contributed by atoms with Crippen molar-refractivity contribution in [3.8, 4) is 16.9 Å². The van der Waals surface area contributed by atoms with Gasteiger partial charge in [-0.15, -0.1) is 0 Å². The lowest BCUT2D eigenvalue weighted by Crippen LogP contribution is -2.32. The topological polar surface area (TPSA) is 42.0 Å². The number of ether oxygens (including phenoxy) is 2. The van der Waals surface area contributed by atoms with E-state index in [2.05, 4.69) is 225 Å². The number of carbonyl (C=O) groups is 1. The standard InChI is InChI=1S/C63H62N2O3/c1-7-61(4,5)68-60(66)67-55-38-32-47(33-39-55)45-63(44-46-30-34-48(35-31-46)62(6,8-2)9-3)58-42-53(64(49-22-14-10-15-23-49)50-24-16-11-17-25-50)36-40-56(58)57-41-37-54(43-59(57)63)65(51-26-18-12-19-27-51)52-28-20-13-21-29-52/h10-43H,7-9,44-45H2,1-6H3. The van der Waals surface area contributed by atoms with Gasteiger partial charge in [-0.05, 0) is 175 Å². The number of anilines is 6. The minimum atomic E-state index is -0.701. The van der Waals surface area contributed by atoms with Crippen molar-refractivity contribution in [3.63, 3.8) is 0 Å². The van der Waals surface area contributed by atoms with Gasteiger partial charge in [-0.3, -0.25) is 0 Å². The first-order chi connectivity index (χ1) is 33.0. The maximum absolute atomic E-state index is 12.9. The zero-order valence-electron chi connectivity index (χ0n) is 40.3. The van der Waals surface area contributed by atoms with Gasteiger partial charge in [0, 0.05) is 39.5 Å². The van der Waals surface area contributed by atoms with Crippen LogP contribution < -0.4 is 14.5 Å². The van der Waals surface area contributed by atoms with Gasteiger partial charge in [-0.1, -0.05) is 149 Å².